The van der Waals surface area contributed by atoms with Crippen LogP contribution in [0.1, 0.15) is 17.9 Å². The molecule has 0 bridgehead atoms. The molecule has 70 valence electrons. The largest absolute Gasteiger partial charge is 0.330 e. The minimum Gasteiger partial charge on any atom is -0.330 e. The zero-order valence-electron chi connectivity index (χ0n) is 7.29. The third-order valence-electron chi connectivity index (χ3n) is 2.37. The SMILES string of the molecule is NCCC1CSc2ccc(Cl)cc21. The fourth-order valence-corrected chi connectivity index (χ4v) is 3.15. The Bertz CT molecular complexity index is 312. The first-order valence-corrected chi connectivity index (χ1v) is 5.80. The molecule has 2 rings (SSSR count). The molecule has 0 saturated carbocycles. The van der Waals surface area contributed by atoms with Crippen LogP contribution in [-0.2, 0) is 0 Å². The molecule has 0 spiro atoms. The predicted molar refractivity (Wildman–Crippen MR) is 58.6 cm³/mol. The lowest BCUT2D eigenvalue weighted by molar-refractivity contribution is 0.701. The number of rotatable bonds is 2. The summed E-state index contributed by atoms with van der Waals surface area (Å²) in [6, 6.07) is 6.15. The predicted octanol–water partition coefficient (Wildman–Crippen LogP) is 2.88. The van der Waals surface area contributed by atoms with E-state index in [-0.39, 0.29) is 0 Å². The van der Waals surface area contributed by atoms with Crippen molar-refractivity contribution < 1.29 is 0 Å². The Balaban J connectivity index is 2.29. The van der Waals surface area contributed by atoms with Crippen molar-refractivity contribution in [1.29, 1.82) is 0 Å². The molecule has 1 aliphatic heterocycles. The summed E-state index contributed by atoms with van der Waals surface area (Å²) in [5, 5.41) is 0.836. The summed E-state index contributed by atoms with van der Waals surface area (Å²) in [6.07, 6.45) is 1.07. The first-order valence-electron chi connectivity index (χ1n) is 4.43. The number of fused-ring (bicyclic) bond motifs is 1. The van der Waals surface area contributed by atoms with Crippen LogP contribution in [-0.4, -0.2) is 12.3 Å². The van der Waals surface area contributed by atoms with Gasteiger partial charge in [0.1, 0.15) is 0 Å². The fraction of sp³-hybridized carbons (Fsp3) is 0.400. The van der Waals surface area contributed by atoms with E-state index in [9.17, 15) is 0 Å². The molecule has 1 aliphatic rings. The van der Waals surface area contributed by atoms with E-state index >= 15 is 0 Å². The van der Waals surface area contributed by atoms with Crippen molar-refractivity contribution in [2.45, 2.75) is 17.2 Å². The van der Waals surface area contributed by atoms with E-state index in [4.69, 9.17) is 17.3 Å². The topological polar surface area (TPSA) is 26.0 Å². The molecule has 0 fully saturated rings. The van der Waals surface area contributed by atoms with Crippen molar-refractivity contribution in [3.63, 3.8) is 0 Å². The molecule has 2 N–H and O–H groups in total. The Kier molecular flexibility index (Phi) is 2.82. The van der Waals surface area contributed by atoms with E-state index in [2.05, 4.69) is 12.1 Å². The number of hydrogen-bond donors (Lipinski definition) is 1. The first-order chi connectivity index (χ1) is 6.31. The van der Waals surface area contributed by atoms with E-state index in [1.54, 1.807) is 0 Å². The van der Waals surface area contributed by atoms with Gasteiger partial charge in [0.2, 0.25) is 0 Å². The second-order valence-electron chi connectivity index (χ2n) is 3.27. The van der Waals surface area contributed by atoms with Gasteiger partial charge in [-0.05, 0) is 42.6 Å². The van der Waals surface area contributed by atoms with Gasteiger partial charge in [0.25, 0.3) is 0 Å². The van der Waals surface area contributed by atoms with Crippen LogP contribution in [0.3, 0.4) is 0 Å². The Hall–Kier alpha value is -0.180. The fourth-order valence-electron chi connectivity index (χ4n) is 1.69. The van der Waals surface area contributed by atoms with E-state index in [0.717, 1.165) is 23.7 Å². The Morgan fingerprint density at radius 3 is 3.15 bits per heavy atom. The summed E-state index contributed by atoms with van der Waals surface area (Å²) in [6.45, 7) is 0.761. The quantitative estimate of drug-likeness (QED) is 0.818. The van der Waals surface area contributed by atoms with Crippen LogP contribution in [0, 0.1) is 0 Å². The lowest BCUT2D eigenvalue weighted by atomic mass is 9.98. The van der Waals surface area contributed by atoms with E-state index in [0.29, 0.717) is 5.92 Å². The first kappa shape index (κ1) is 9.38. The van der Waals surface area contributed by atoms with Crippen LogP contribution < -0.4 is 5.73 Å². The summed E-state index contributed by atoms with van der Waals surface area (Å²) >= 11 is 7.86. The van der Waals surface area contributed by atoms with E-state index < -0.39 is 0 Å². The second kappa shape index (κ2) is 3.91. The minimum atomic E-state index is 0.615. The zero-order chi connectivity index (χ0) is 9.26. The van der Waals surface area contributed by atoms with Crippen LogP contribution in [0.4, 0.5) is 0 Å². The van der Waals surface area contributed by atoms with Crippen molar-refractivity contribution in [2.75, 3.05) is 12.3 Å². The molecule has 1 atom stereocenters. The highest BCUT2D eigenvalue weighted by atomic mass is 35.5. The number of benzene rings is 1. The molecule has 0 aliphatic carbocycles. The number of nitrogens with two attached hydrogens (primary N) is 1. The average molecular weight is 214 g/mol. The molecule has 0 aromatic heterocycles. The van der Waals surface area contributed by atoms with Crippen molar-refractivity contribution in [3.8, 4) is 0 Å². The van der Waals surface area contributed by atoms with Crippen molar-refractivity contribution >= 4 is 23.4 Å². The molecule has 3 heteroatoms. The van der Waals surface area contributed by atoms with Crippen LogP contribution in [0.5, 0.6) is 0 Å². The van der Waals surface area contributed by atoms with Crippen LogP contribution in [0.2, 0.25) is 5.02 Å². The van der Waals surface area contributed by atoms with Gasteiger partial charge in [-0.2, -0.15) is 0 Å². The van der Waals surface area contributed by atoms with Gasteiger partial charge in [-0.25, -0.2) is 0 Å². The standard InChI is InChI=1S/C10H12ClNS/c11-8-1-2-10-9(5-8)7(3-4-12)6-13-10/h1-2,5,7H,3-4,6,12H2. The zero-order valence-corrected chi connectivity index (χ0v) is 8.87. The molecule has 1 heterocycles. The minimum absolute atomic E-state index is 0.615. The summed E-state index contributed by atoms with van der Waals surface area (Å²) in [7, 11) is 0. The maximum absolute atomic E-state index is 5.95. The maximum Gasteiger partial charge on any atom is 0.0409 e. The number of hydrogen-bond acceptors (Lipinski definition) is 2. The van der Waals surface area contributed by atoms with Crippen molar-refractivity contribution in [3.05, 3.63) is 28.8 Å². The highest BCUT2D eigenvalue weighted by Gasteiger charge is 2.22. The van der Waals surface area contributed by atoms with Gasteiger partial charge >= 0.3 is 0 Å². The molecule has 1 aromatic rings. The molecule has 1 nitrogen and oxygen atoms in total. The average Bonchev–Trinajstić information content (AvgIpc) is 2.49. The maximum atomic E-state index is 5.95. The Labute approximate surface area is 87.7 Å². The Morgan fingerprint density at radius 1 is 1.54 bits per heavy atom. The Morgan fingerprint density at radius 2 is 2.38 bits per heavy atom. The van der Waals surface area contributed by atoms with Crippen LogP contribution >= 0.6 is 23.4 Å². The van der Waals surface area contributed by atoms with Gasteiger partial charge in [-0.1, -0.05) is 11.6 Å². The van der Waals surface area contributed by atoms with Crippen LogP contribution in [0.15, 0.2) is 23.1 Å². The van der Waals surface area contributed by atoms with E-state index in [1.807, 2.05) is 17.8 Å². The summed E-state index contributed by atoms with van der Waals surface area (Å²) < 4.78 is 0. The monoisotopic (exact) mass is 213 g/mol. The molecule has 1 unspecified atom stereocenters. The summed E-state index contributed by atoms with van der Waals surface area (Å²) in [5.74, 6) is 1.77. The molecular weight excluding hydrogens is 202 g/mol. The number of halogens is 1. The molecule has 1 aromatic carbocycles. The van der Waals surface area contributed by atoms with Crippen molar-refractivity contribution in [1.82, 2.24) is 0 Å². The van der Waals surface area contributed by atoms with Gasteiger partial charge in [0.05, 0.1) is 0 Å². The molecule has 0 radical (unpaired) electrons. The highest BCUT2D eigenvalue weighted by molar-refractivity contribution is 7.99. The molecule has 0 saturated heterocycles. The summed E-state index contributed by atoms with van der Waals surface area (Å²) in [5.41, 5.74) is 6.95. The smallest absolute Gasteiger partial charge is 0.0409 e. The molecular formula is C10H12ClNS. The van der Waals surface area contributed by atoms with Crippen LogP contribution in [0.25, 0.3) is 0 Å². The normalized spacial score (nSPS) is 20.3. The third-order valence-corrected chi connectivity index (χ3v) is 3.85. The van der Waals surface area contributed by atoms with E-state index in [1.165, 1.54) is 10.5 Å². The van der Waals surface area contributed by atoms with Gasteiger partial charge in [-0.3, -0.25) is 0 Å². The number of thioether (sulfide) groups is 1. The lowest BCUT2D eigenvalue weighted by Crippen LogP contribution is -2.06. The van der Waals surface area contributed by atoms with Gasteiger partial charge in [-0.15, -0.1) is 11.8 Å². The lowest BCUT2D eigenvalue weighted by Gasteiger charge is -2.08. The third kappa shape index (κ3) is 1.85. The van der Waals surface area contributed by atoms with Gasteiger partial charge < -0.3 is 5.73 Å². The highest BCUT2D eigenvalue weighted by Crippen LogP contribution is 2.41. The second-order valence-corrected chi connectivity index (χ2v) is 4.77. The summed E-state index contributed by atoms with van der Waals surface area (Å²) in [4.78, 5) is 1.38. The van der Waals surface area contributed by atoms with Gasteiger partial charge in [0, 0.05) is 15.7 Å². The molecule has 0 amide bonds. The molecule has 13 heavy (non-hydrogen) atoms. The van der Waals surface area contributed by atoms with Gasteiger partial charge in [0.15, 0.2) is 0 Å². The van der Waals surface area contributed by atoms with Crippen molar-refractivity contribution in [2.24, 2.45) is 5.73 Å².